The third kappa shape index (κ3) is 4.14. The first-order chi connectivity index (χ1) is 12.1. The van der Waals surface area contributed by atoms with Gasteiger partial charge in [0.05, 0.1) is 0 Å². The molecule has 1 amide bonds. The molecule has 0 N–H and O–H groups in total. The summed E-state index contributed by atoms with van der Waals surface area (Å²) < 4.78 is 0. The minimum Gasteiger partial charge on any atom is -0.283 e. The highest BCUT2D eigenvalue weighted by Gasteiger charge is 2.32. The van der Waals surface area contributed by atoms with E-state index in [1.807, 2.05) is 56.3 Å². The molecule has 1 aliphatic rings. The molecule has 0 atom stereocenters. The number of hydrogen-bond donors (Lipinski definition) is 0. The molecule has 1 aliphatic heterocycles. The van der Waals surface area contributed by atoms with Crippen molar-refractivity contribution in [1.29, 1.82) is 0 Å². The van der Waals surface area contributed by atoms with Crippen LogP contribution in [-0.2, 0) is 10.5 Å². The van der Waals surface area contributed by atoms with Crippen molar-refractivity contribution in [3.63, 3.8) is 0 Å². The van der Waals surface area contributed by atoms with Gasteiger partial charge in [0.15, 0.2) is 5.17 Å². The summed E-state index contributed by atoms with van der Waals surface area (Å²) in [6, 6.07) is 17.7. The van der Waals surface area contributed by atoms with Gasteiger partial charge in [-0.2, -0.15) is 0 Å². The number of nitrogens with zero attached hydrogens (tertiary/aromatic N) is 2. The number of amides is 1. The van der Waals surface area contributed by atoms with Crippen LogP contribution < -0.4 is 0 Å². The van der Waals surface area contributed by atoms with Gasteiger partial charge in [0, 0.05) is 16.8 Å². The van der Waals surface area contributed by atoms with Crippen LogP contribution in [0.15, 0.2) is 65.3 Å². The lowest BCUT2D eigenvalue weighted by atomic mass is 10.2. The van der Waals surface area contributed by atoms with E-state index in [1.165, 1.54) is 5.56 Å². The molecular formula is C20H19ClN2OS. The lowest BCUT2D eigenvalue weighted by Crippen LogP contribution is -2.36. The number of aliphatic imine (C=N–C) groups is 1. The van der Waals surface area contributed by atoms with Crippen molar-refractivity contribution < 1.29 is 4.79 Å². The molecular weight excluding hydrogens is 352 g/mol. The number of carbonyl (C=O) groups excluding carboxylic acids is 1. The Kier molecular flexibility index (Phi) is 5.61. The molecule has 0 fully saturated rings. The summed E-state index contributed by atoms with van der Waals surface area (Å²) in [5.74, 6) is 0.695. The number of carbonyl (C=O) groups is 1. The van der Waals surface area contributed by atoms with Crippen LogP contribution in [-0.4, -0.2) is 22.0 Å². The predicted octanol–water partition coefficient (Wildman–Crippen LogP) is 5.22. The average molecular weight is 371 g/mol. The first kappa shape index (κ1) is 17.8. The number of amidine groups is 1. The molecule has 25 heavy (non-hydrogen) atoms. The molecule has 0 aromatic heterocycles. The summed E-state index contributed by atoms with van der Waals surface area (Å²) in [5.41, 5.74) is 2.43. The molecule has 0 unspecified atom stereocenters. The zero-order valence-electron chi connectivity index (χ0n) is 14.1. The van der Waals surface area contributed by atoms with Crippen LogP contribution in [0, 0.1) is 0 Å². The zero-order chi connectivity index (χ0) is 17.8. The Balaban J connectivity index is 1.86. The standard InChI is InChI=1S/C20H19ClN2OS/c1-14(2)23-19(24)18(12-16-10-6-7-11-17(16)21)22-20(23)25-13-15-8-4-3-5-9-15/h3-12,14H,13H2,1-2H3/b18-12-. The summed E-state index contributed by atoms with van der Waals surface area (Å²) in [4.78, 5) is 19.1. The Bertz CT molecular complexity index is 831. The monoisotopic (exact) mass is 370 g/mol. The van der Waals surface area contributed by atoms with Crippen LogP contribution >= 0.6 is 23.4 Å². The SMILES string of the molecule is CC(C)N1C(=O)/C(=C/c2ccccc2Cl)N=C1SCc1ccccc1. The fraction of sp³-hybridized carbons (Fsp3) is 0.200. The van der Waals surface area contributed by atoms with E-state index >= 15 is 0 Å². The van der Waals surface area contributed by atoms with Gasteiger partial charge in [0.25, 0.3) is 5.91 Å². The maximum Gasteiger partial charge on any atom is 0.278 e. The van der Waals surface area contributed by atoms with E-state index in [4.69, 9.17) is 11.6 Å². The van der Waals surface area contributed by atoms with Crippen LogP contribution in [0.3, 0.4) is 0 Å². The van der Waals surface area contributed by atoms with Crippen molar-refractivity contribution in [2.24, 2.45) is 4.99 Å². The maximum absolute atomic E-state index is 12.8. The molecule has 2 aromatic carbocycles. The number of thioether (sulfide) groups is 1. The number of hydrogen-bond acceptors (Lipinski definition) is 3. The van der Waals surface area contributed by atoms with Gasteiger partial charge in [0.1, 0.15) is 5.70 Å². The Morgan fingerprint density at radius 1 is 1.12 bits per heavy atom. The second kappa shape index (κ2) is 7.89. The Morgan fingerprint density at radius 2 is 1.80 bits per heavy atom. The van der Waals surface area contributed by atoms with Crippen molar-refractivity contribution >= 4 is 40.5 Å². The van der Waals surface area contributed by atoms with Gasteiger partial charge in [-0.1, -0.05) is 71.9 Å². The van der Waals surface area contributed by atoms with Crippen LogP contribution in [0.25, 0.3) is 6.08 Å². The molecule has 0 aliphatic carbocycles. The highest BCUT2D eigenvalue weighted by atomic mass is 35.5. The molecule has 1 heterocycles. The van der Waals surface area contributed by atoms with Gasteiger partial charge in [0.2, 0.25) is 0 Å². The Hall–Kier alpha value is -2.04. The fourth-order valence-electron chi connectivity index (χ4n) is 2.53. The van der Waals surface area contributed by atoms with Crippen LogP contribution in [0.1, 0.15) is 25.0 Å². The first-order valence-corrected chi connectivity index (χ1v) is 9.48. The number of benzene rings is 2. The summed E-state index contributed by atoms with van der Waals surface area (Å²) in [6.07, 6.45) is 1.76. The molecule has 5 heteroatoms. The molecule has 0 bridgehead atoms. The average Bonchev–Trinajstić information content (AvgIpc) is 2.92. The molecule has 128 valence electrons. The summed E-state index contributed by atoms with van der Waals surface area (Å²) in [7, 11) is 0. The Morgan fingerprint density at radius 3 is 2.48 bits per heavy atom. The molecule has 3 nitrogen and oxygen atoms in total. The number of rotatable bonds is 4. The smallest absolute Gasteiger partial charge is 0.278 e. The summed E-state index contributed by atoms with van der Waals surface area (Å²) in [6.45, 7) is 3.99. The molecule has 3 rings (SSSR count). The lowest BCUT2D eigenvalue weighted by Gasteiger charge is -2.21. The molecule has 0 spiro atoms. The van der Waals surface area contributed by atoms with E-state index in [9.17, 15) is 4.79 Å². The maximum atomic E-state index is 12.8. The fourth-order valence-corrected chi connectivity index (χ4v) is 3.80. The van der Waals surface area contributed by atoms with E-state index in [1.54, 1.807) is 22.7 Å². The van der Waals surface area contributed by atoms with Gasteiger partial charge in [-0.3, -0.25) is 9.69 Å². The van der Waals surface area contributed by atoms with E-state index < -0.39 is 0 Å². The molecule has 0 saturated heterocycles. The predicted molar refractivity (Wildman–Crippen MR) is 107 cm³/mol. The van der Waals surface area contributed by atoms with Crippen LogP contribution in [0.5, 0.6) is 0 Å². The molecule has 0 saturated carbocycles. The van der Waals surface area contributed by atoms with Gasteiger partial charge < -0.3 is 0 Å². The van der Waals surface area contributed by atoms with Crippen molar-refractivity contribution in [2.75, 3.05) is 0 Å². The largest absolute Gasteiger partial charge is 0.283 e. The van der Waals surface area contributed by atoms with Crippen molar-refractivity contribution in [3.05, 3.63) is 76.4 Å². The third-order valence-corrected chi connectivity index (χ3v) is 5.15. The van der Waals surface area contributed by atoms with Crippen LogP contribution in [0.4, 0.5) is 0 Å². The molecule has 2 aromatic rings. The topological polar surface area (TPSA) is 32.7 Å². The van der Waals surface area contributed by atoms with Gasteiger partial charge >= 0.3 is 0 Å². The third-order valence-electron chi connectivity index (χ3n) is 3.78. The van der Waals surface area contributed by atoms with Crippen molar-refractivity contribution in [3.8, 4) is 0 Å². The van der Waals surface area contributed by atoms with Gasteiger partial charge in [-0.25, -0.2) is 4.99 Å². The normalized spacial score (nSPS) is 16.0. The van der Waals surface area contributed by atoms with Crippen molar-refractivity contribution in [2.45, 2.75) is 25.6 Å². The minimum absolute atomic E-state index is 0.0478. The van der Waals surface area contributed by atoms with Gasteiger partial charge in [-0.05, 0) is 37.1 Å². The number of halogens is 1. The minimum atomic E-state index is -0.0783. The highest BCUT2D eigenvalue weighted by molar-refractivity contribution is 8.13. The van der Waals surface area contributed by atoms with Crippen LogP contribution in [0.2, 0.25) is 5.02 Å². The van der Waals surface area contributed by atoms with E-state index in [0.717, 1.165) is 16.5 Å². The van der Waals surface area contributed by atoms with E-state index in [-0.39, 0.29) is 11.9 Å². The van der Waals surface area contributed by atoms with Crippen molar-refractivity contribution in [1.82, 2.24) is 4.90 Å². The molecule has 0 radical (unpaired) electrons. The van der Waals surface area contributed by atoms with E-state index in [2.05, 4.69) is 17.1 Å². The second-order valence-corrected chi connectivity index (χ2v) is 7.34. The second-order valence-electron chi connectivity index (χ2n) is 5.99. The summed E-state index contributed by atoms with van der Waals surface area (Å²) in [5, 5.41) is 1.35. The van der Waals surface area contributed by atoms with E-state index in [0.29, 0.717) is 10.7 Å². The first-order valence-electron chi connectivity index (χ1n) is 8.11. The summed E-state index contributed by atoms with van der Waals surface area (Å²) >= 11 is 7.78. The lowest BCUT2D eigenvalue weighted by molar-refractivity contribution is -0.123. The van der Waals surface area contributed by atoms with Gasteiger partial charge in [-0.15, -0.1) is 0 Å². The highest BCUT2D eigenvalue weighted by Crippen LogP contribution is 2.29. The zero-order valence-corrected chi connectivity index (χ0v) is 15.7. The quantitative estimate of drug-likeness (QED) is 0.691. The Labute approximate surface area is 157 Å².